The first-order valence-electron chi connectivity index (χ1n) is 5.11. The minimum Gasteiger partial charge on any atom is -0.497 e. The van der Waals surface area contributed by atoms with E-state index in [9.17, 15) is 5.11 Å². The van der Waals surface area contributed by atoms with Crippen LogP contribution in [-0.4, -0.2) is 23.7 Å². The first kappa shape index (κ1) is 10.8. The second-order valence-corrected chi connectivity index (χ2v) is 5.10. The molecule has 82 valence electrons. The fourth-order valence-electron chi connectivity index (χ4n) is 1.93. The summed E-state index contributed by atoms with van der Waals surface area (Å²) < 4.78 is 5.18. The van der Waals surface area contributed by atoms with Crippen molar-refractivity contribution in [3.8, 4) is 5.75 Å². The average Bonchev–Trinajstić information content (AvgIpc) is 2.61. The Morgan fingerprint density at radius 2 is 2.33 bits per heavy atom. The zero-order chi connectivity index (χ0) is 10.9. The van der Waals surface area contributed by atoms with Gasteiger partial charge in [-0.3, -0.25) is 0 Å². The Labute approximate surface area is 94.6 Å². The number of ether oxygens (including phenoxy) is 1. The van der Waals surface area contributed by atoms with E-state index < -0.39 is 5.60 Å². The van der Waals surface area contributed by atoms with Crippen LogP contribution in [0.15, 0.2) is 24.3 Å². The Hall–Kier alpha value is -0.670. The van der Waals surface area contributed by atoms with Crippen molar-refractivity contribution in [1.29, 1.82) is 0 Å². The SMILES string of the molecule is COc1cccc([C@@]2(O)CSC[C@H]2C)c1. The van der Waals surface area contributed by atoms with Crippen LogP contribution in [0.5, 0.6) is 5.75 Å². The Balaban J connectivity index is 2.35. The predicted molar refractivity (Wildman–Crippen MR) is 63.4 cm³/mol. The quantitative estimate of drug-likeness (QED) is 0.835. The van der Waals surface area contributed by atoms with E-state index in [0.717, 1.165) is 22.8 Å². The van der Waals surface area contributed by atoms with Crippen LogP contribution in [0, 0.1) is 5.92 Å². The van der Waals surface area contributed by atoms with Crippen molar-refractivity contribution in [1.82, 2.24) is 0 Å². The van der Waals surface area contributed by atoms with Crippen molar-refractivity contribution in [3.63, 3.8) is 0 Å². The first-order chi connectivity index (χ1) is 7.16. The molecule has 1 heterocycles. The van der Waals surface area contributed by atoms with Crippen LogP contribution < -0.4 is 4.74 Å². The summed E-state index contributed by atoms with van der Waals surface area (Å²) in [5.41, 5.74) is 0.290. The van der Waals surface area contributed by atoms with Gasteiger partial charge >= 0.3 is 0 Å². The molecule has 2 atom stereocenters. The summed E-state index contributed by atoms with van der Waals surface area (Å²) >= 11 is 1.81. The maximum absolute atomic E-state index is 10.6. The lowest BCUT2D eigenvalue weighted by molar-refractivity contribution is 0.0233. The molecule has 0 unspecified atom stereocenters. The molecule has 2 nitrogen and oxygen atoms in total. The fraction of sp³-hybridized carbons (Fsp3) is 0.500. The molecule has 1 N–H and O–H groups in total. The largest absolute Gasteiger partial charge is 0.497 e. The molecule has 3 heteroatoms. The van der Waals surface area contributed by atoms with E-state index in [0.29, 0.717) is 5.92 Å². The molecule has 0 aromatic heterocycles. The molecule has 1 aliphatic rings. The predicted octanol–water partition coefficient (Wildman–Crippen LogP) is 2.27. The summed E-state index contributed by atoms with van der Waals surface area (Å²) in [7, 11) is 1.65. The van der Waals surface area contributed by atoms with Gasteiger partial charge in [-0.1, -0.05) is 19.1 Å². The summed E-state index contributed by atoms with van der Waals surface area (Å²) in [6, 6.07) is 7.74. The number of hydrogen-bond acceptors (Lipinski definition) is 3. The summed E-state index contributed by atoms with van der Waals surface area (Å²) in [6.07, 6.45) is 0. The highest BCUT2D eigenvalue weighted by atomic mass is 32.2. The molecular formula is C12H16O2S. The van der Waals surface area contributed by atoms with Crippen molar-refractivity contribution < 1.29 is 9.84 Å². The minimum absolute atomic E-state index is 0.301. The van der Waals surface area contributed by atoms with Gasteiger partial charge in [0.05, 0.1) is 7.11 Å². The fourth-order valence-corrected chi connectivity index (χ4v) is 3.44. The van der Waals surface area contributed by atoms with Gasteiger partial charge in [0, 0.05) is 5.75 Å². The maximum atomic E-state index is 10.6. The van der Waals surface area contributed by atoms with Crippen molar-refractivity contribution >= 4 is 11.8 Å². The van der Waals surface area contributed by atoms with Crippen LogP contribution in [0.2, 0.25) is 0 Å². The summed E-state index contributed by atoms with van der Waals surface area (Å²) in [5, 5.41) is 10.6. The topological polar surface area (TPSA) is 29.5 Å². The zero-order valence-electron chi connectivity index (χ0n) is 9.06. The molecule has 0 aliphatic carbocycles. The number of rotatable bonds is 2. The van der Waals surface area contributed by atoms with Gasteiger partial charge < -0.3 is 9.84 Å². The summed E-state index contributed by atoms with van der Waals surface area (Å²) in [6.45, 7) is 2.10. The number of aliphatic hydroxyl groups is 1. The Morgan fingerprint density at radius 1 is 1.53 bits per heavy atom. The van der Waals surface area contributed by atoms with Crippen LogP contribution >= 0.6 is 11.8 Å². The van der Waals surface area contributed by atoms with Gasteiger partial charge in [-0.15, -0.1) is 0 Å². The van der Waals surface area contributed by atoms with E-state index in [1.807, 2.05) is 24.3 Å². The van der Waals surface area contributed by atoms with Crippen LogP contribution in [0.25, 0.3) is 0 Å². The third-order valence-corrected chi connectivity index (χ3v) is 4.45. The van der Waals surface area contributed by atoms with E-state index >= 15 is 0 Å². The standard InChI is InChI=1S/C12H16O2S/c1-9-7-15-8-12(9,13)10-4-3-5-11(6-10)14-2/h3-6,9,13H,7-8H2,1-2H3/t9-,12-/m1/s1. The molecule has 1 saturated heterocycles. The van der Waals surface area contributed by atoms with Gasteiger partial charge in [-0.2, -0.15) is 11.8 Å². The van der Waals surface area contributed by atoms with Crippen molar-refractivity contribution in [3.05, 3.63) is 29.8 Å². The lowest BCUT2D eigenvalue weighted by Gasteiger charge is -2.27. The van der Waals surface area contributed by atoms with E-state index in [4.69, 9.17) is 4.74 Å². The van der Waals surface area contributed by atoms with Crippen LogP contribution in [0.1, 0.15) is 12.5 Å². The second-order valence-electron chi connectivity index (χ2n) is 4.07. The highest BCUT2D eigenvalue weighted by Crippen LogP contribution is 2.41. The van der Waals surface area contributed by atoms with E-state index in [1.54, 1.807) is 18.9 Å². The molecule has 2 rings (SSSR count). The van der Waals surface area contributed by atoms with Gasteiger partial charge in [-0.25, -0.2) is 0 Å². The zero-order valence-corrected chi connectivity index (χ0v) is 9.88. The van der Waals surface area contributed by atoms with Crippen LogP contribution in [0.3, 0.4) is 0 Å². The lowest BCUT2D eigenvalue weighted by Crippen LogP contribution is -2.32. The Morgan fingerprint density at radius 3 is 2.93 bits per heavy atom. The molecule has 1 aromatic rings. The summed E-state index contributed by atoms with van der Waals surface area (Å²) in [4.78, 5) is 0. The molecule has 0 radical (unpaired) electrons. The first-order valence-corrected chi connectivity index (χ1v) is 6.27. The molecule has 15 heavy (non-hydrogen) atoms. The van der Waals surface area contributed by atoms with Gasteiger partial charge in [0.1, 0.15) is 11.4 Å². The molecule has 1 aromatic carbocycles. The second kappa shape index (κ2) is 4.06. The third kappa shape index (κ3) is 1.86. The van der Waals surface area contributed by atoms with Crippen LogP contribution in [0.4, 0.5) is 0 Å². The molecule has 0 saturated carbocycles. The maximum Gasteiger partial charge on any atom is 0.119 e. The van der Waals surface area contributed by atoms with Crippen molar-refractivity contribution in [2.45, 2.75) is 12.5 Å². The van der Waals surface area contributed by atoms with Crippen LogP contribution in [-0.2, 0) is 5.60 Å². The normalized spacial score (nSPS) is 30.5. The Bertz CT molecular complexity index is 353. The van der Waals surface area contributed by atoms with Gasteiger partial charge in [0.25, 0.3) is 0 Å². The number of benzene rings is 1. The highest BCUT2D eigenvalue weighted by Gasteiger charge is 2.40. The number of hydrogen-bond donors (Lipinski definition) is 1. The van der Waals surface area contributed by atoms with Crippen molar-refractivity contribution in [2.24, 2.45) is 5.92 Å². The molecule has 0 bridgehead atoms. The van der Waals surface area contributed by atoms with E-state index in [-0.39, 0.29) is 0 Å². The van der Waals surface area contributed by atoms with Gasteiger partial charge in [0.2, 0.25) is 0 Å². The van der Waals surface area contributed by atoms with Gasteiger partial charge in [-0.05, 0) is 29.4 Å². The third-order valence-electron chi connectivity index (χ3n) is 3.07. The smallest absolute Gasteiger partial charge is 0.119 e. The highest BCUT2D eigenvalue weighted by molar-refractivity contribution is 7.99. The molecule has 1 aliphatic heterocycles. The monoisotopic (exact) mass is 224 g/mol. The molecule has 1 fully saturated rings. The van der Waals surface area contributed by atoms with E-state index in [2.05, 4.69) is 6.92 Å². The molecule has 0 amide bonds. The molecular weight excluding hydrogens is 208 g/mol. The van der Waals surface area contributed by atoms with Crippen molar-refractivity contribution in [2.75, 3.05) is 18.6 Å². The minimum atomic E-state index is -0.681. The summed E-state index contributed by atoms with van der Waals surface area (Å²) in [5.74, 6) is 2.91. The average molecular weight is 224 g/mol. The Kier molecular flexibility index (Phi) is 2.94. The number of thioether (sulfide) groups is 1. The van der Waals surface area contributed by atoms with E-state index in [1.165, 1.54) is 0 Å². The molecule has 0 spiro atoms. The number of methoxy groups -OCH3 is 1. The van der Waals surface area contributed by atoms with Gasteiger partial charge in [0.15, 0.2) is 0 Å². The lowest BCUT2D eigenvalue weighted by atomic mass is 9.85.